The van der Waals surface area contributed by atoms with Crippen molar-refractivity contribution in [1.29, 1.82) is 0 Å². The minimum absolute atomic E-state index is 0.0325. The van der Waals surface area contributed by atoms with E-state index in [1.54, 1.807) is 18.3 Å². The first-order valence-electron chi connectivity index (χ1n) is 10.2. The van der Waals surface area contributed by atoms with Crippen LogP contribution in [-0.4, -0.2) is 34.7 Å². The van der Waals surface area contributed by atoms with Gasteiger partial charge in [-0.1, -0.05) is 35.0 Å². The number of aryl methyl sites for hydroxylation is 2. The molecule has 2 aromatic heterocycles. The van der Waals surface area contributed by atoms with Crippen LogP contribution in [0.5, 0.6) is 0 Å². The van der Waals surface area contributed by atoms with Gasteiger partial charge in [-0.05, 0) is 44.2 Å². The second-order valence-corrected chi connectivity index (χ2v) is 7.70. The molecule has 0 aliphatic heterocycles. The largest absolute Gasteiger partial charge is 0.405 e. The predicted molar refractivity (Wildman–Crippen MR) is 119 cm³/mol. The number of nitrogens with zero attached hydrogens (tertiary/aromatic N) is 2. The first kappa shape index (κ1) is 23.0. The van der Waals surface area contributed by atoms with Crippen LogP contribution in [0.3, 0.4) is 0 Å². The number of nitrogens with one attached hydrogen (secondary N) is 2. The van der Waals surface area contributed by atoms with Crippen molar-refractivity contribution in [2.24, 2.45) is 0 Å². The van der Waals surface area contributed by atoms with Crippen molar-refractivity contribution in [3.8, 4) is 11.3 Å². The Balaban J connectivity index is 1.58. The molecule has 4 rings (SSSR count). The minimum atomic E-state index is -4.50. The van der Waals surface area contributed by atoms with Crippen molar-refractivity contribution in [3.63, 3.8) is 0 Å². The van der Waals surface area contributed by atoms with Crippen LogP contribution in [0.25, 0.3) is 22.4 Å². The third-order valence-electron chi connectivity index (χ3n) is 5.06. The molecule has 2 N–H and O–H groups in total. The Hall–Kier alpha value is -4.21. The van der Waals surface area contributed by atoms with Gasteiger partial charge in [0.05, 0.1) is 22.3 Å². The van der Waals surface area contributed by atoms with Gasteiger partial charge in [0.2, 0.25) is 0 Å². The van der Waals surface area contributed by atoms with Crippen molar-refractivity contribution in [2.45, 2.75) is 20.0 Å². The van der Waals surface area contributed by atoms with Crippen LogP contribution in [0.15, 0.2) is 59.1 Å². The van der Waals surface area contributed by atoms with Gasteiger partial charge < -0.3 is 15.2 Å². The molecule has 0 bridgehead atoms. The maximum Gasteiger partial charge on any atom is 0.405 e. The third-order valence-corrected chi connectivity index (χ3v) is 5.06. The van der Waals surface area contributed by atoms with Gasteiger partial charge in [0, 0.05) is 16.8 Å². The Morgan fingerprint density at radius 3 is 2.29 bits per heavy atom. The number of amides is 2. The zero-order chi connectivity index (χ0) is 24.5. The normalized spacial score (nSPS) is 11.4. The number of aromatic nitrogens is 2. The molecule has 2 amide bonds. The average Bonchev–Trinajstić information content (AvgIpc) is 3.18. The zero-order valence-corrected chi connectivity index (χ0v) is 18.2. The van der Waals surface area contributed by atoms with Gasteiger partial charge in [-0.3, -0.25) is 9.59 Å². The lowest BCUT2D eigenvalue weighted by Crippen LogP contribution is -2.33. The minimum Gasteiger partial charge on any atom is -0.343 e. The Kier molecular flexibility index (Phi) is 6.06. The van der Waals surface area contributed by atoms with Crippen LogP contribution in [0, 0.1) is 13.8 Å². The fourth-order valence-electron chi connectivity index (χ4n) is 3.33. The summed E-state index contributed by atoms with van der Waals surface area (Å²) in [4.78, 5) is 29.5. The molecule has 0 saturated heterocycles. The van der Waals surface area contributed by atoms with E-state index >= 15 is 0 Å². The highest BCUT2D eigenvalue weighted by molar-refractivity contribution is 6.13. The molecule has 34 heavy (non-hydrogen) atoms. The molecule has 0 saturated carbocycles. The summed E-state index contributed by atoms with van der Waals surface area (Å²) in [5.41, 5.74) is 3.81. The van der Waals surface area contributed by atoms with Crippen LogP contribution in [0.1, 0.15) is 32.0 Å². The van der Waals surface area contributed by atoms with Crippen LogP contribution in [0.4, 0.5) is 18.9 Å². The molecule has 0 atom stereocenters. The van der Waals surface area contributed by atoms with Gasteiger partial charge in [0.1, 0.15) is 6.54 Å². The highest BCUT2D eigenvalue weighted by Gasteiger charge is 2.28. The quantitative estimate of drug-likeness (QED) is 0.427. The molecule has 10 heteroatoms. The van der Waals surface area contributed by atoms with Crippen molar-refractivity contribution in [2.75, 3.05) is 11.9 Å². The van der Waals surface area contributed by atoms with Crippen molar-refractivity contribution in [1.82, 2.24) is 15.5 Å². The van der Waals surface area contributed by atoms with Gasteiger partial charge in [-0.15, -0.1) is 0 Å². The van der Waals surface area contributed by atoms with E-state index in [1.165, 1.54) is 24.3 Å². The molecular weight excluding hydrogens is 449 g/mol. The number of fused-ring (bicyclic) bond motifs is 1. The summed E-state index contributed by atoms with van der Waals surface area (Å²) in [6.45, 7) is 2.23. The van der Waals surface area contributed by atoms with E-state index in [2.05, 4.69) is 15.5 Å². The molecule has 0 unspecified atom stereocenters. The first-order chi connectivity index (χ1) is 16.1. The lowest BCUT2D eigenvalue weighted by molar-refractivity contribution is -0.123. The zero-order valence-electron chi connectivity index (χ0n) is 18.2. The fourth-order valence-corrected chi connectivity index (χ4v) is 3.33. The van der Waals surface area contributed by atoms with Crippen molar-refractivity contribution < 1.29 is 27.3 Å². The number of anilines is 1. The summed E-state index contributed by atoms with van der Waals surface area (Å²) < 4.78 is 42.2. The molecule has 0 fully saturated rings. The summed E-state index contributed by atoms with van der Waals surface area (Å²) in [6, 6.07) is 14.8. The Bertz CT molecular complexity index is 1360. The molecule has 0 aliphatic carbocycles. The lowest BCUT2D eigenvalue weighted by atomic mass is 10.0. The van der Waals surface area contributed by atoms with E-state index in [4.69, 9.17) is 4.52 Å². The lowest BCUT2D eigenvalue weighted by Gasteiger charge is -2.10. The standard InChI is InChI=1S/C24H19F3N4O3/c1-13-3-5-15(6-4-13)19-11-18(20-14(2)31-34-23(20)30-19)22(33)29-17-9-7-16(8-10-17)21(32)28-12-24(25,26)27/h3-11H,12H2,1-2H3,(H,28,32)(H,29,33). The number of halogens is 3. The molecule has 0 spiro atoms. The number of carbonyl (C=O) groups excluding carboxylic acids is 2. The highest BCUT2D eigenvalue weighted by atomic mass is 19.4. The number of hydrogen-bond donors (Lipinski definition) is 2. The molecule has 174 valence electrons. The summed E-state index contributed by atoms with van der Waals surface area (Å²) in [7, 11) is 0. The van der Waals surface area contributed by atoms with Gasteiger partial charge in [0.25, 0.3) is 17.5 Å². The van der Waals surface area contributed by atoms with Gasteiger partial charge in [-0.2, -0.15) is 13.2 Å². The van der Waals surface area contributed by atoms with E-state index in [-0.39, 0.29) is 11.3 Å². The molecule has 7 nitrogen and oxygen atoms in total. The Labute approximate surface area is 192 Å². The average molecular weight is 468 g/mol. The predicted octanol–water partition coefficient (Wildman–Crippen LogP) is 5.05. The van der Waals surface area contributed by atoms with Crippen LogP contribution >= 0.6 is 0 Å². The first-order valence-corrected chi connectivity index (χ1v) is 10.2. The smallest absolute Gasteiger partial charge is 0.343 e. The highest BCUT2D eigenvalue weighted by Crippen LogP contribution is 2.28. The Morgan fingerprint density at radius 2 is 1.65 bits per heavy atom. The molecule has 2 heterocycles. The summed E-state index contributed by atoms with van der Waals surface area (Å²) >= 11 is 0. The summed E-state index contributed by atoms with van der Waals surface area (Å²) in [5, 5.41) is 8.92. The van der Waals surface area contributed by atoms with E-state index < -0.39 is 24.5 Å². The van der Waals surface area contributed by atoms with E-state index in [9.17, 15) is 22.8 Å². The molecular formula is C24H19F3N4O3. The fraction of sp³-hybridized carbons (Fsp3) is 0.167. The van der Waals surface area contributed by atoms with Crippen LogP contribution < -0.4 is 10.6 Å². The number of carbonyl (C=O) groups is 2. The van der Waals surface area contributed by atoms with E-state index in [0.717, 1.165) is 11.1 Å². The van der Waals surface area contributed by atoms with Gasteiger partial charge >= 0.3 is 6.18 Å². The maximum absolute atomic E-state index is 13.1. The topological polar surface area (TPSA) is 97.1 Å². The molecule has 0 aliphatic rings. The van der Waals surface area contributed by atoms with Crippen molar-refractivity contribution >= 4 is 28.6 Å². The van der Waals surface area contributed by atoms with Crippen LogP contribution in [-0.2, 0) is 0 Å². The van der Waals surface area contributed by atoms with Crippen LogP contribution in [0.2, 0.25) is 0 Å². The monoisotopic (exact) mass is 468 g/mol. The Morgan fingerprint density at radius 1 is 0.971 bits per heavy atom. The number of pyridine rings is 1. The molecule has 4 aromatic rings. The SMILES string of the molecule is Cc1ccc(-c2cc(C(=O)Nc3ccc(C(=O)NCC(F)(F)F)cc3)c3c(C)noc3n2)cc1. The van der Waals surface area contributed by atoms with Gasteiger partial charge in [0.15, 0.2) is 0 Å². The molecule has 0 radical (unpaired) electrons. The number of alkyl halides is 3. The second kappa shape index (κ2) is 8.97. The number of hydrogen-bond acceptors (Lipinski definition) is 5. The van der Waals surface area contributed by atoms with E-state index in [1.807, 2.05) is 31.2 Å². The number of benzene rings is 2. The maximum atomic E-state index is 13.1. The van der Waals surface area contributed by atoms with Crippen molar-refractivity contribution in [3.05, 3.63) is 77.0 Å². The third kappa shape index (κ3) is 5.06. The summed E-state index contributed by atoms with van der Waals surface area (Å²) in [5.74, 6) is -1.32. The second-order valence-electron chi connectivity index (χ2n) is 7.70. The van der Waals surface area contributed by atoms with E-state index in [0.29, 0.717) is 28.0 Å². The number of rotatable bonds is 5. The molecule has 2 aromatic carbocycles. The van der Waals surface area contributed by atoms with Gasteiger partial charge in [-0.25, -0.2) is 4.98 Å². The summed E-state index contributed by atoms with van der Waals surface area (Å²) in [6.07, 6.45) is -4.50.